The SMILES string of the molecule is COC(=O)N[C@H](C(=O)N1[C@@H]2CC[C@H](C2)[C@H]1C1=Nc2ccc(-c3ccc4c(c3)C(F)(F)c3cc(-c5cnc(C6CCCC6)[nH]5)ccc3-4)cc2C1)[C@@H](C)OC. The topological polar surface area (TPSA) is 109 Å². The molecule has 5 aliphatic rings. The van der Waals surface area contributed by atoms with Gasteiger partial charge in [-0.2, -0.15) is 8.78 Å². The largest absolute Gasteiger partial charge is 0.453 e. The molecular weight excluding hydrogens is 676 g/mol. The molecule has 3 aromatic carbocycles. The highest BCUT2D eigenvalue weighted by Gasteiger charge is 2.52. The van der Waals surface area contributed by atoms with E-state index in [0.29, 0.717) is 34.6 Å². The molecule has 2 aliphatic heterocycles. The number of aliphatic imine (C=N–C) groups is 1. The highest BCUT2D eigenvalue weighted by Crippen LogP contribution is 2.53. The lowest BCUT2D eigenvalue weighted by atomic mass is 9.90. The maximum Gasteiger partial charge on any atom is 0.407 e. The molecule has 9 nitrogen and oxygen atoms in total. The Labute approximate surface area is 307 Å². The summed E-state index contributed by atoms with van der Waals surface area (Å²) in [5.74, 6) is -1.72. The summed E-state index contributed by atoms with van der Waals surface area (Å²) in [6.07, 6.45) is 8.49. The van der Waals surface area contributed by atoms with Crippen molar-refractivity contribution >= 4 is 23.4 Å². The third-order valence-electron chi connectivity index (χ3n) is 12.4. The first kappa shape index (κ1) is 33.9. The Morgan fingerprint density at radius 1 is 0.943 bits per heavy atom. The Morgan fingerprint density at radius 3 is 2.38 bits per heavy atom. The minimum absolute atomic E-state index is 0.00684. The number of carbonyl (C=O) groups is 2. The van der Waals surface area contributed by atoms with E-state index in [1.165, 1.54) is 27.1 Å². The lowest BCUT2D eigenvalue weighted by Crippen LogP contribution is -2.59. The fourth-order valence-corrected chi connectivity index (χ4v) is 9.63. The lowest BCUT2D eigenvalue weighted by Gasteiger charge is -2.38. The maximum atomic E-state index is 16.3. The highest BCUT2D eigenvalue weighted by molar-refractivity contribution is 6.02. The molecule has 2 bridgehead atoms. The van der Waals surface area contributed by atoms with Crippen molar-refractivity contribution in [3.63, 3.8) is 0 Å². The fraction of sp³-hybridized carbons (Fsp3) is 0.429. The van der Waals surface area contributed by atoms with Crippen molar-refractivity contribution in [1.82, 2.24) is 20.2 Å². The summed E-state index contributed by atoms with van der Waals surface area (Å²) in [4.78, 5) is 41.2. The van der Waals surface area contributed by atoms with E-state index in [-0.39, 0.29) is 35.0 Å². The molecule has 3 heterocycles. The number of carbonyl (C=O) groups excluding carboxylic acids is 2. The number of amides is 2. The summed E-state index contributed by atoms with van der Waals surface area (Å²) in [6, 6.07) is 15.6. The minimum Gasteiger partial charge on any atom is -0.453 e. The van der Waals surface area contributed by atoms with Gasteiger partial charge in [0.05, 0.1) is 36.8 Å². The minimum atomic E-state index is -3.16. The van der Waals surface area contributed by atoms with Crippen LogP contribution in [-0.4, -0.2) is 71.0 Å². The maximum absolute atomic E-state index is 16.3. The van der Waals surface area contributed by atoms with E-state index in [1.54, 1.807) is 25.3 Å². The number of alkyl carbamates (subject to hydrolysis) is 1. The Bertz CT molecular complexity index is 2160. The fourth-order valence-electron chi connectivity index (χ4n) is 9.63. The van der Waals surface area contributed by atoms with Crippen LogP contribution in [-0.2, 0) is 26.6 Å². The van der Waals surface area contributed by atoms with Crippen molar-refractivity contribution in [2.24, 2.45) is 10.9 Å². The zero-order valence-corrected chi connectivity index (χ0v) is 30.1. The smallest absolute Gasteiger partial charge is 0.407 e. The van der Waals surface area contributed by atoms with Gasteiger partial charge in [-0.1, -0.05) is 43.2 Å². The standard InChI is InChI=1S/C42H43F2N5O4/c1-22(52-2)37(48-41(51)53-3)40(50)49-29-12-8-27(17-29)38(49)35-20-28-16-24(11-15-34(28)46-35)25-9-13-30-31-14-10-26(19-33(31)42(43,44)32(30)18-25)36-21-45-39(47-36)23-6-4-5-7-23/h9-11,13-16,18-19,21-23,27,29,37-38H,4-8,12,17,20H2,1-3H3,(H,45,47)(H,48,51)/t22-,27-,29-,37+,38+/m1/s1. The van der Waals surface area contributed by atoms with E-state index in [2.05, 4.69) is 15.3 Å². The predicted molar refractivity (Wildman–Crippen MR) is 197 cm³/mol. The first-order chi connectivity index (χ1) is 25.6. The van der Waals surface area contributed by atoms with E-state index in [9.17, 15) is 9.59 Å². The number of nitrogens with one attached hydrogen (secondary N) is 2. The van der Waals surface area contributed by atoms with E-state index < -0.39 is 24.2 Å². The molecule has 0 radical (unpaired) electrons. The molecule has 4 aromatic rings. The number of imidazole rings is 1. The number of aromatic nitrogens is 2. The number of piperidine rings is 1. The summed E-state index contributed by atoms with van der Waals surface area (Å²) < 4.78 is 42.9. The van der Waals surface area contributed by atoms with Gasteiger partial charge in [0.25, 0.3) is 5.92 Å². The molecule has 2 saturated carbocycles. The van der Waals surface area contributed by atoms with Crippen molar-refractivity contribution in [1.29, 1.82) is 0 Å². The van der Waals surface area contributed by atoms with Crippen LogP contribution in [0.25, 0.3) is 33.5 Å². The van der Waals surface area contributed by atoms with Crippen molar-refractivity contribution < 1.29 is 27.8 Å². The summed E-state index contributed by atoms with van der Waals surface area (Å²) in [7, 11) is 2.78. The number of benzene rings is 3. The molecule has 9 rings (SSSR count). The van der Waals surface area contributed by atoms with Crippen molar-refractivity contribution in [3.05, 3.63) is 83.3 Å². The first-order valence-corrected chi connectivity index (χ1v) is 18.8. The second-order valence-corrected chi connectivity index (χ2v) is 15.4. The third-order valence-corrected chi connectivity index (χ3v) is 12.4. The number of nitrogens with zero attached hydrogens (tertiary/aromatic N) is 3. The molecular formula is C42H43F2N5O4. The molecule has 2 amide bonds. The van der Waals surface area contributed by atoms with E-state index in [1.807, 2.05) is 47.4 Å². The molecule has 274 valence electrons. The van der Waals surface area contributed by atoms with Gasteiger partial charge in [0.2, 0.25) is 5.91 Å². The van der Waals surface area contributed by atoms with Crippen molar-refractivity contribution in [2.45, 2.75) is 94.4 Å². The van der Waals surface area contributed by atoms with E-state index in [0.717, 1.165) is 66.1 Å². The Hall–Kier alpha value is -4.90. The molecule has 1 aromatic heterocycles. The summed E-state index contributed by atoms with van der Waals surface area (Å²) >= 11 is 0. The normalized spacial score (nSPS) is 23.4. The van der Waals surface area contributed by atoms with Crippen LogP contribution in [0.4, 0.5) is 19.3 Å². The number of fused-ring (bicyclic) bond motifs is 6. The van der Waals surface area contributed by atoms with Crippen LogP contribution in [0, 0.1) is 5.92 Å². The average Bonchev–Trinajstić information content (AvgIpc) is 4.03. The predicted octanol–water partition coefficient (Wildman–Crippen LogP) is 8.29. The Balaban J connectivity index is 0.959. The van der Waals surface area contributed by atoms with Gasteiger partial charge in [-0.3, -0.25) is 9.79 Å². The van der Waals surface area contributed by atoms with Gasteiger partial charge in [0, 0.05) is 47.9 Å². The third kappa shape index (κ3) is 5.57. The number of ether oxygens (including phenoxy) is 2. The van der Waals surface area contributed by atoms with Crippen LogP contribution in [0.1, 0.15) is 80.3 Å². The molecule has 5 atom stereocenters. The van der Waals surface area contributed by atoms with E-state index in [4.69, 9.17) is 14.5 Å². The molecule has 3 aliphatic carbocycles. The van der Waals surface area contributed by atoms with Crippen LogP contribution in [0.15, 0.2) is 65.8 Å². The van der Waals surface area contributed by atoms with Gasteiger partial charge in [-0.05, 0) is 97.0 Å². The number of rotatable bonds is 8. The molecule has 2 N–H and O–H groups in total. The van der Waals surface area contributed by atoms with Crippen LogP contribution >= 0.6 is 0 Å². The molecule has 3 fully saturated rings. The van der Waals surface area contributed by atoms with Gasteiger partial charge < -0.3 is 24.7 Å². The highest BCUT2D eigenvalue weighted by atomic mass is 19.3. The Kier molecular flexibility index (Phi) is 8.25. The van der Waals surface area contributed by atoms with Gasteiger partial charge >= 0.3 is 6.09 Å². The number of likely N-dealkylation sites (tertiary alicyclic amines) is 1. The van der Waals surface area contributed by atoms with Crippen LogP contribution in [0.3, 0.4) is 0 Å². The zero-order chi connectivity index (χ0) is 36.6. The van der Waals surface area contributed by atoms with E-state index >= 15 is 8.78 Å². The average molecular weight is 720 g/mol. The van der Waals surface area contributed by atoms with Crippen LogP contribution in [0.5, 0.6) is 0 Å². The van der Waals surface area contributed by atoms with Gasteiger partial charge in [0.1, 0.15) is 11.9 Å². The van der Waals surface area contributed by atoms with Gasteiger partial charge in [-0.25, -0.2) is 9.78 Å². The molecule has 53 heavy (non-hydrogen) atoms. The van der Waals surface area contributed by atoms with Crippen LogP contribution in [0.2, 0.25) is 0 Å². The molecule has 0 spiro atoms. The quantitative estimate of drug-likeness (QED) is 0.191. The molecule has 1 saturated heterocycles. The van der Waals surface area contributed by atoms with Gasteiger partial charge in [0.15, 0.2) is 0 Å². The number of hydrogen-bond acceptors (Lipinski definition) is 6. The van der Waals surface area contributed by atoms with Crippen LogP contribution < -0.4 is 5.32 Å². The van der Waals surface area contributed by atoms with Crippen molar-refractivity contribution in [3.8, 4) is 33.5 Å². The molecule has 0 unspecified atom stereocenters. The monoisotopic (exact) mass is 719 g/mol. The number of aromatic amines is 1. The summed E-state index contributed by atoms with van der Waals surface area (Å²) in [6.45, 7) is 1.75. The summed E-state index contributed by atoms with van der Waals surface area (Å²) in [5, 5.41) is 2.68. The number of methoxy groups -OCH3 is 2. The number of halogens is 2. The summed E-state index contributed by atoms with van der Waals surface area (Å²) in [5.41, 5.74) is 6.89. The first-order valence-electron chi connectivity index (χ1n) is 18.8. The molecule has 11 heteroatoms. The van der Waals surface area contributed by atoms with Crippen molar-refractivity contribution in [2.75, 3.05) is 14.2 Å². The Morgan fingerprint density at radius 2 is 1.64 bits per heavy atom. The second-order valence-electron chi connectivity index (χ2n) is 15.4. The zero-order valence-electron chi connectivity index (χ0n) is 30.1. The second kappa shape index (κ2) is 12.9. The lowest BCUT2D eigenvalue weighted by molar-refractivity contribution is -0.139. The number of hydrogen-bond donors (Lipinski definition) is 2. The van der Waals surface area contributed by atoms with Gasteiger partial charge in [-0.15, -0.1) is 0 Å². The number of alkyl halides is 2. The number of H-pyrrole nitrogens is 1.